The standard InChI is InChI=1S/C17H18Cl2N2O3S/c1-12(13-3-2-4-15(19)11-13)21-17(22)9-10-20-25(23,24)16-7-5-14(18)6-8-16/h2-8,11-12,20H,9-10H2,1H3,(H,21,22)/t12-/m1/s1. The van der Waals surface area contributed by atoms with Gasteiger partial charge in [-0.15, -0.1) is 0 Å². The van der Waals surface area contributed by atoms with E-state index < -0.39 is 10.0 Å². The van der Waals surface area contributed by atoms with Crippen LogP contribution in [-0.4, -0.2) is 20.9 Å². The molecule has 0 saturated heterocycles. The topological polar surface area (TPSA) is 75.3 Å². The number of halogens is 2. The van der Waals surface area contributed by atoms with Gasteiger partial charge in [-0.25, -0.2) is 13.1 Å². The van der Waals surface area contributed by atoms with Crippen LogP contribution in [0.3, 0.4) is 0 Å². The molecule has 1 amide bonds. The summed E-state index contributed by atoms with van der Waals surface area (Å²) in [5.74, 6) is -0.258. The first-order valence-corrected chi connectivity index (χ1v) is 9.82. The minimum atomic E-state index is -3.67. The Kier molecular flexibility index (Phi) is 6.84. The van der Waals surface area contributed by atoms with Gasteiger partial charge in [0.1, 0.15) is 0 Å². The molecule has 2 aromatic rings. The summed E-state index contributed by atoms with van der Waals surface area (Å²) in [6.45, 7) is 1.83. The number of amides is 1. The third-order valence-electron chi connectivity index (χ3n) is 3.49. The van der Waals surface area contributed by atoms with E-state index in [2.05, 4.69) is 10.0 Å². The van der Waals surface area contributed by atoms with E-state index in [1.165, 1.54) is 24.3 Å². The van der Waals surface area contributed by atoms with Crippen molar-refractivity contribution in [3.05, 3.63) is 64.1 Å². The summed E-state index contributed by atoms with van der Waals surface area (Å²) < 4.78 is 26.6. The average Bonchev–Trinajstić information content (AvgIpc) is 2.55. The van der Waals surface area contributed by atoms with Crippen molar-refractivity contribution < 1.29 is 13.2 Å². The Morgan fingerprint density at radius 3 is 2.40 bits per heavy atom. The lowest BCUT2D eigenvalue weighted by molar-refractivity contribution is -0.121. The van der Waals surface area contributed by atoms with Crippen molar-refractivity contribution in [2.45, 2.75) is 24.3 Å². The molecule has 2 N–H and O–H groups in total. The second kappa shape index (κ2) is 8.67. The van der Waals surface area contributed by atoms with E-state index in [-0.39, 0.29) is 29.8 Å². The summed E-state index contributed by atoms with van der Waals surface area (Å²) in [7, 11) is -3.67. The lowest BCUT2D eigenvalue weighted by Crippen LogP contribution is -2.32. The zero-order chi connectivity index (χ0) is 18.4. The van der Waals surface area contributed by atoms with Gasteiger partial charge in [-0.1, -0.05) is 35.3 Å². The monoisotopic (exact) mass is 400 g/mol. The van der Waals surface area contributed by atoms with Crippen LogP contribution in [0.15, 0.2) is 53.4 Å². The molecule has 0 saturated carbocycles. The summed E-state index contributed by atoms with van der Waals surface area (Å²) in [5, 5.41) is 3.85. The largest absolute Gasteiger partial charge is 0.350 e. The molecule has 134 valence electrons. The van der Waals surface area contributed by atoms with Gasteiger partial charge in [0.15, 0.2) is 0 Å². The predicted octanol–water partition coefficient (Wildman–Crippen LogP) is 3.54. The highest BCUT2D eigenvalue weighted by Crippen LogP contribution is 2.17. The molecule has 0 radical (unpaired) electrons. The van der Waals surface area contributed by atoms with Gasteiger partial charge in [-0.05, 0) is 48.9 Å². The molecule has 5 nitrogen and oxygen atoms in total. The van der Waals surface area contributed by atoms with Crippen LogP contribution in [0, 0.1) is 0 Å². The molecule has 0 bridgehead atoms. The molecular weight excluding hydrogens is 383 g/mol. The number of benzene rings is 2. The normalized spacial score (nSPS) is 12.6. The minimum Gasteiger partial charge on any atom is -0.350 e. The number of sulfonamides is 1. The van der Waals surface area contributed by atoms with Gasteiger partial charge in [0.2, 0.25) is 15.9 Å². The van der Waals surface area contributed by atoms with Crippen LogP contribution in [0.1, 0.15) is 24.9 Å². The highest BCUT2D eigenvalue weighted by atomic mass is 35.5. The van der Waals surface area contributed by atoms with E-state index >= 15 is 0 Å². The predicted molar refractivity (Wildman–Crippen MR) is 99.3 cm³/mol. The van der Waals surface area contributed by atoms with Crippen molar-refractivity contribution in [1.29, 1.82) is 0 Å². The van der Waals surface area contributed by atoms with Crippen LogP contribution in [0.4, 0.5) is 0 Å². The molecule has 0 aliphatic heterocycles. The van der Waals surface area contributed by atoms with Gasteiger partial charge in [0, 0.05) is 23.0 Å². The first-order valence-electron chi connectivity index (χ1n) is 7.58. The van der Waals surface area contributed by atoms with E-state index in [1.807, 2.05) is 13.0 Å². The third kappa shape index (κ3) is 6.01. The Bertz CT molecular complexity index is 839. The molecule has 0 fully saturated rings. The Labute approximate surface area is 157 Å². The van der Waals surface area contributed by atoms with Crippen molar-refractivity contribution in [1.82, 2.24) is 10.0 Å². The number of carbonyl (C=O) groups excluding carboxylic acids is 1. The molecule has 0 heterocycles. The molecule has 0 aromatic heterocycles. The smallest absolute Gasteiger partial charge is 0.240 e. The van der Waals surface area contributed by atoms with Gasteiger partial charge in [-0.2, -0.15) is 0 Å². The fourth-order valence-corrected chi connectivity index (χ4v) is 3.53. The zero-order valence-electron chi connectivity index (χ0n) is 13.5. The lowest BCUT2D eigenvalue weighted by atomic mass is 10.1. The highest BCUT2D eigenvalue weighted by Gasteiger charge is 2.15. The third-order valence-corrected chi connectivity index (χ3v) is 5.46. The Balaban J connectivity index is 1.84. The van der Waals surface area contributed by atoms with E-state index in [0.29, 0.717) is 10.0 Å². The fourth-order valence-electron chi connectivity index (χ4n) is 2.17. The quantitative estimate of drug-likeness (QED) is 0.745. The highest BCUT2D eigenvalue weighted by molar-refractivity contribution is 7.89. The number of hydrogen-bond donors (Lipinski definition) is 2. The van der Waals surface area contributed by atoms with Crippen molar-refractivity contribution >= 4 is 39.1 Å². The number of nitrogens with one attached hydrogen (secondary N) is 2. The Hall–Kier alpha value is -1.60. The van der Waals surface area contributed by atoms with Gasteiger partial charge in [0.25, 0.3) is 0 Å². The van der Waals surface area contributed by atoms with Crippen molar-refractivity contribution in [3.63, 3.8) is 0 Å². The Morgan fingerprint density at radius 1 is 1.08 bits per heavy atom. The van der Waals surface area contributed by atoms with Crippen LogP contribution in [0.25, 0.3) is 0 Å². The molecular formula is C17H18Cl2N2O3S. The molecule has 2 aromatic carbocycles. The van der Waals surface area contributed by atoms with E-state index in [1.54, 1.807) is 18.2 Å². The number of hydrogen-bond acceptors (Lipinski definition) is 3. The van der Waals surface area contributed by atoms with E-state index in [0.717, 1.165) is 5.56 Å². The van der Waals surface area contributed by atoms with Crippen LogP contribution in [0.5, 0.6) is 0 Å². The summed E-state index contributed by atoms with van der Waals surface area (Å²) >= 11 is 11.7. The van der Waals surface area contributed by atoms with Gasteiger partial charge < -0.3 is 5.32 Å². The summed E-state index contributed by atoms with van der Waals surface area (Å²) in [6, 6.07) is 12.8. The van der Waals surface area contributed by atoms with Crippen molar-refractivity contribution in [3.8, 4) is 0 Å². The van der Waals surface area contributed by atoms with Crippen molar-refractivity contribution in [2.24, 2.45) is 0 Å². The molecule has 8 heteroatoms. The maximum Gasteiger partial charge on any atom is 0.240 e. The molecule has 0 spiro atoms. The second-order valence-corrected chi connectivity index (χ2v) is 8.09. The van der Waals surface area contributed by atoms with Gasteiger partial charge >= 0.3 is 0 Å². The molecule has 25 heavy (non-hydrogen) atoms. The Morgan fingerprint density at radius 2 is 1.76 bits per heavy atom. The van der Waals surface area contributed by atoms with E-state index in [4.69, 9.17) is 23.2 Å². The van der Waals surface area contributed by atoms with E-state index in [9.17, 15) is 13.2 Å². The first-order chi connectivity index (χ1) is 11.8. The first kappa shape index (κ1) is 19.7. The molecule has 2 rings (SSSR count). The van der Waals surface area contributed by atoms with Crippen LogP contribution in [-0.2, 0) is 14.8 Å². The average molecular weight is 401 g/mol. The maximum absolute atomic E-state index is 12.1. The number of carbonyl (C=O) groups is 1. The second-order valence-electron chi connectivity index (χ2n) is 5.45. The number of rotatable bonds is 7. The molecule has 0 aliphatic carbocycles. The van der Waals surface area contributed by atoms with Gasteiger partial charge in [-0.3, -0.25) is 4.79 Å². The molecule has 0 aliphatic rings. The lowest BCUT2D eigenvalue weighted by Gasteiger charge is -2.15. The summed E-state index contributed by atoms with van der Waals surface area (Å²) in [6.07, 6.45) is 0.0255. The SMILES string of the molecule is C[C@@H](NC(=O)CCNS(=O)(=O)c1ccc(Cl)cc1)c1cccc(Cl)c1. The maximum atomic E-state index is 12.1. The molecule has 0 unspecified atom stereocenters. The summed E-state index contributed by atoms with van der Waals surface area (Å²) in [4.78, 5) is 12.1. The van der Waals surface area contributed by atoms with Crippen LogP contribution >= 0.6 is 23.2 Å². The van der Waals surface area contributed by atoms with Crippen LogP contribution < -0.4 is 10.0 Å². The fraction of sp³-hybridized carbons (Fsp3) is 0.235. The van der Waals surface area contributed by atoms with Crippen molar-refractivity contribution in [2.75, 3.05) is 6.54 Å². The summed E-state index contributed by atoms with van der Waals surface area (Å²) in [5.41, 5.74) is 0.877. The van der Waals surface area contributed by atoms with Gasteiger partial charge in [0.05, 0.1) is 10.9 Å². The molecule has 1 atom stereocenters. The zero-order valence-corrected chi connectivity index (χ0v) is 15.8. The minimum absolute atomic E-state index is 0.000934. The van der Waals surface area contributed by atoms with Crippen LogP contribution in [0.2, 0.25) is 10.0 Å².